The van der Waals surface area contributed by atoms with E-state index in [9.17, 15) is 4.79 Å². The predicted octanol–water partition coefficient (Wildman–Crippen LogP) is 1.78. The standard InChI is InChI=1S/C14H16N4O/c1-3-15-13-11-5-4-10(8-12(11)16-14(13)19)18-7-6-9(2)17-18/h4-8,13,15H,3H2,1-2H3,(H,16,19). The van der Waals surface area contributed by atoms with Gasteiger partial charge in [0.15, 0.2) is 0 Å². The molecule has 2 N–H and O–H groups in total. The fraction of sp³-hybridized carbons (Fsp3) is 0.286. The van der Waals surface area contributed by atoms with E-state index in [1.165, 1.54) is 0 Å². The van der Waals surface area contributed by atoms with Crippen LogP contribution in [0.2, 0.25) is 0 Å². The van der Waals surface area contributed by atoms with Crippen LogP contribution in [-0.2, 0) is 4.79 Å². The summed E-state index contributed by atoms with van der Waals surface area (Å²) < 4.78 is 1.81. The maximum atomic E-state index is 11.9. The number of rotatable bonds is 3. The first-order valence-corrected chi connectivity index (χ1v) is 6.40. The van der Waals surface area contributed by atoms with E-state index in [2.05, 4.69) is 15.7 Å². The Kier molecular flexibility index (Phi) is 2.83. The van der Waals surface area contributed by atoms with E-state index in [0.717, 1.165) is 29.2 Å². The summed E-state index contributed by atoms with van der Waals surface area (Å²) >= 11 is 0. The van der Waals surface area contributed by atoms with Crippen molar-refractivity contribution < 1.29 is 4.79 Å². The summed E-state index contributed by atoms with van der Waals surface area (Å²) in [5.41, 5.74) is 3.78. The van der Waals surface area contributed by atoms with Crippen LogP contribution in [0.5, 0.6) is 0 Å². The van der Waals surface area contributed by atoms with Gasteiger partial charge in [-0.15, -0.1) is 0 Å². The van der Waals surface area contributed by atoms with E-state index in [4.69, 9.17) is 0 Å². The molecule has 1 aromatic heterocycles. The molecule has 0 spiro atoms. The largest absolute Gasteiger partial charge is 0.324 e. The van der Waals surface area contributed by atoms with Crippen molar-refractivity contribution in [2.24, 2.45) is 0 Å². The van der Waals surface area contributed by atoms with Gasteiger partial charge in [0.05, 0.1) is 11.4 Å². The Morgan fingerprint density at radius 1 is 1.42 bits per heavy atom. The molecule has 1 aromatic carbocycles. The number of carbonyl (C=O) groups is 1. The van der Waals surface area contributed by atoms with E-state index in [-0.39, 0.29) is 11.9 Å². The van der Waals surface area contributed by atoms with Crippen molar-refractivity contribution in [3.05, 3.63) is 41.7 Å². The lowest BCUT2D eigenvalue weighted by molar-refractivity contribution is -0.117. The number of aromatic nitrogens is 2. The molecule has 1 aliphatic rings. The minimum Gasteiger partial charge on any atom is -0.324 e. The van der Waals surface area contributed by atoms with Gasteiger partial charge in [-0.25, -0.2) is 4.68 Å². The zero-order valence-corrected chi connectivity index (χ0v) is 11.0. The number of hydrogen-bond donors (Lipinski definition) is 2. The number of fused-ring (bicyclic) bond motifs is 1. The lowest BCUT2D eigenvalue weighted by Gasteiger charge is -2.09. The SMILES string of the molecule is CCNC1C(=O)Nc2cc(-n3ccc(C)n3)ccc21. The minimum absolute atomic E-state index is 0.00523. The number of amides is 1. The van der Waals surface area contributed by atoms with Crippen molar-refractivity contribution in [1.29, 1.82) is 0 Å². The van der Waals surface area contributed by atoms with Crippen LogP contribution in [0.3, 0.4) is 0 Å². The molecule has 0 aliphatic carbocycles. The predicted molar refractivity (Wildman–Crippen MR) is 73.3 cm³/mol. The Morgan fingerprint density at radius 2 is 2.26 bits per heavy atom. The van der Waals surface area contributed by atoms with Crippen molar-refractivity contribution in [2.45, 2.75) is 19.9 Å². The quantitative estimate of drug-likeness (QED) is 0.880. The van der Waals surface area contributed by atoms with Crippen LogP contribution in [0.4, 0.5) is 5.69 Å². The number of nitrogens with zero attached hydrogens (tertiary/aromatic N) is 2. The van der Waals surface area contributed by atoms with Crippen LogP contribution in [0.15, 0.2) is 30.5 Å². The molecule has 1 amide bonds. The molecule has 5 nitrogen and oxygen atoms in total. The second-order valence-electron chi connectivity index (χ2n) is 4.65. The maximum absolute atomic E-state index is 11.9. The van der Waals surface area contributed by atoms with Crippen molar-refractivity contribution in [2.75, 3.05) is 11.9 Å². The van der Waals surface area contributed by atoms with Gasteiger partial charge >= 0.3 is 0 Å². The number of anilines is 1. The summed E-state index contributed by atoms with van der Waals surface area (Å²) in [5.74, 6) is 0.00523. The molecule has 19 heavy (non-hydrogen) atoms. The summed E-state index contributed by atoms with van der Waals surface area (Å²) in [5, 5.41) is 10.5. The van der Waals surface area contributed by atoms with Crippen LogP contribution in [0.25, 0.3) is 5.69 Å². The summed E-state index contributed by atoms with van der Waals surface area (Å²) in [6, 6.07) is 7.63. The van der Waals surface area contributed by atoms with Crippen LogP contribution >= 0.6 is 0 Å². The van der Waals surface area contributed by atoms with Gasteiger partial charge in [-0.2, -0.15) is 5.10 Å². The highest BCUT2D eigenvalue weighted by atomic mass is 16.2. The van der Waals surface area contributed by atoms with E-state index < -0.39 is 0 Å². The average Bonchev–Trinajstić information content (AvgIpc) is 2.94. The molecule has 98 valence electrons. The minimum atomic E-state index is -0.242. The Balaban J connectivity index is 1.98. The Hall–Kier alpha value is -2.14. The van der Waals surface area contributed by atoms with Gasteiger partial charge in [-0.3, -0.25) is 4.79 Å². The van der Waals surface area contributed by atoms with Gasteiger partial charge in [0.1, 0.15) is 6.04 Å². The second-order valence-corrected chi connectivity index (χ2v) is 4.65. The lowest BCUT2D eigenvalue weighted by atomic mass is 10.1. The van der Waals surface area contributed by atoms with Gasteiger partial charge in [-0.1, -0.05) is 13.0 Å². The Labute approximate surface area is 111 Å². The molecule has 0 fully saturated rings. The number of aryl methyl sites for hydroxylation is 1. The third-order valence-corrected chi connectivity index (χ3v) is 3.26. The van der Waals surface area contributed by atoms with Crippen molar-refractivity contribution >= 4 is 11.6 Å². The molecule has 0 bridgehead atoms. The first kappa shape index (κ1) is 11.9. The Bertz CT molecular complexity index is 632. The van der Waals surface area contributed by atoms with Gasteiger partial charge in [-0.05, 0) is 31.7 Å². The molecule has 1 atom stereocenters. The third kappa shape index (κ3) is 2.02. The summed E-state index contributed by atoms with van der Waals surface area (Å²) in [7, 11) is 0. The fourth-order valence-electron chi connectivity index (χ4n) is 2.36. The van der Waals surface area contributed by atoms with Crippen LogP contribution < -0.4 is 10.6 Å². The molecule has 2 heterocycles. The highest BCUT2D eigenvalue weighted by molar-refractivity contribution is 6.02. The van der Waals surface area contributed by atoms with Crippen LogP contribution in [0, 0.1) is 6.92 Å². The molecule has 0 radical (unpaired) electrons. The summed E-state index contributed by atoms with van der Waals surface area (Å²) in [6.07, 6.45) is 1.91. The zero-order chi connectivity index (χ0) is 13.4. The first-order valence-electron chi connectivity index (χ1n) is 6.40. The van der Waals surface area contributed by atoms with E-state index in [1.807, 2.05) is 49.0 Å². The van der Waals surface area contributed by atoms with Gasteiger partial charge < -0.3 is 10.6 Å². The normalized spacial score (nSPS) is 17.4. The second kappa shape index (κ2) is 4.51. The van der Waals surface area contributed by atoms with Crippen LogP contribution in [0.1, 0.15) is 24.2 Å². The smallest absolute Gasteiger partial charge is 0.246 e. The molecule has 3 rings (SSSR count). The van der Waals surface area contributed by atoms with Crippen molar-refractivity contribution in [3.8, 4) is 5.69 Å². The fourth-order valence-corrected chi connectivity index (χ4v) is 2.36. The number of benzene rings is 1. The van der Waals surface area contributed by atoms with Gasteiger partial charge in [0.2, 0.25) is 5.91 Å². The number of hydrogen-bond acceptors (Lipinski definition) is 3. The maximum Gasteiger partial charge on any atom is 0.246 e. The zero-order valence-electron chi connectivity index (χ0n) is 11.0. The van der Waals surface area contributed by atoms with Gasteiger partial charge in [0.25, 0.3) is 0 Å². The number of carbonyl (C=O) groups excluding carboxylic acids is 1. The van der Waals surface area contributed by atoms with Gasteiger partial charge in [0, 0.05) is 17.4 Å². The van der Waals surface area contributed by atoms with E-state index in [0.29, 0.717) is 0 Å². The molecule has 1 unspecified atom stereocenters. The number of nitrogens with one attached hydrogen (secondary N) is 2. The van der Waals surface area contributed by atoms with E-state index in [1.54, 1.807) is 0 Å². The number of likely N-dealkylation sites (N-methyl/N-ethyl adjacent to an activating group) is 1. The molecular formula is C14H16N4O. The molecule has 2 aromatic rings. The Morgan fingerprint density at radius 3 is 2.95 bits per heavy atom. The van der Waals surface area contributed by atoms with Crippen molar-refractivity contribution in [3.63, 3.8) is 0 Å². The highest BCUT2D eigenvalue weighted by Crippen LogP contribution is 2.32. The van der Waals surface area contributed by atoms with Crippen LogP contribution in [-0.4, -0.2) is 22.2 Å². The summed E-state index contributed by atoms with van der Waals surface area (Å²) in [4.78, 5) is 11.9. The molecule has 0 saturated carbocycles. The molecule has 0 saturated heterocycles. The van der Waals surface area contributed by atoms with E-state index >= 15 is 0 Å². The first-order chi connectivity index (χ1) is 9.19. The monoisotopic (exact) mass is 256 g/mol. The average molecular weight is 256 g/mol. The molecule has 1 aliphatic heterocycles. The molecular weight excluding hydrogens is 240 g/mol. The summed E-state index contributed by atoms with van der Waals surface area (Å²) in [6.45, 7) is 4.70. The molecule has 5 heteroatoms. The highest BCUT2D eigenvalue weighted by Gasteiger charge is 2.29. The topological polar surface area (TPSA) is 59.0 Å². The van der Waals surface area contributed by atoms with Crippen molar-refractivity contribution in [1.82, 2.24) is 15.1 Å². The third-order valence-electron chi connectivity index (χ3n) is 3.26. The lowest BCUT2D eigenvalue weighted by Crippen LogP contribution is -2.27.